The summed E-state index contributed by atoms with van der Waals surface area (Å²) >= 11 is 0. The maximum absolute atomic E-state index is 10.4. The van der Waals surface area contributed by atoms with Crippen LogP contribution in [-0.4, -0.2) is 12.6 Å². The Bertz CT molecular complexity index is 60.5. The summed E-state index contributed by atoms with van der Waals surface area (Å²) in [6.45, 7) is 0. The van der Waals surface area contributed by atoms with Crippen LogP contribution >= 0.6 is 0 Å². The summed E-state index contributed by atoms with van der Waals surface area (Å²) in [5.41, 5.74) is 0. The first-order valence-corrected chi connectivity index (χ1v) is 1.29. The van der Waals surface area contributed by atoms with E-state index in [1.807, 2.05) is 0 Å². The van der Waals surface area contributed by atoms with Crippen LogP contribution in [-0.2, 0) is 0 Å². The van der Waals surface area contributed by atoms with Gasteiger partial charge in [0.05, 0.1) is 0 Å². The van der Waals surface area contributed by atoms with Gasteiger partial charge in [-0.3, -0.25) is 0 Å². The summed E-state index contributed by atoms with van der Waals surface area (Å²) in [7, 11) is 0. The number of hydrogen-bond donors (Lipinski definition) is 0. The van der Waals surface area contributed by atoms with E-state index in [0.29, 0.717) is 0 Å². The Kier molecular flexibility index (Phi) is 6.24. The zero-order chi connectivity index (χ0) is 6.08. The molecule has 0 nitrogen and oxygen atoms in total. The van der Waals surface area contributed by atoms with Gasteiger partial charge in [0.25, 0.3) is 0 Å². The molecule has 0 saturated heterocycles. The normalized spacial score (nSPS) is 11.2. The maximum atomic E-state index is 10.4. The van der Waals surface area contributed by atoms with Crippen LogP contribution in [0.1, 0.15) is 1.43 Å². The standard InChI is InChI=1S/C2HF5.K.H/c3-1(4)2(5,6)7;;/h1H;;/q;+1;-1. The zero-order valence-corrected chi connectivity index (χ0v) is 7.09. The summed E-state index contributed by atoms with van der Waals surface area (Å²) in [4.78, 5) is 0. The Morgan fingerprint density at radius 1 is 1.12 bits per heavy atom. The molecule has 0 aromatic rings. The summed E-state index contributed by atoms with van der Waals surface area (Å²) in [5.74, 6) is 0. The van der Waals surface area contributed by atoms with E-state index in [2.05, 4.69) is 0 Å². The second-order valence-electron chi connectivity index (χ2n) is 0.842. The molecule has 0 aliphatic rings. The monoisotopic (exact) mass is 160 g/mol. The minimum absolute atomic E-state index is 0. The molecule has 0 heterocycles. The van der Waals surface area contributed by atoms with Crippen LogP contribution in [0.2, 0.25) is 0 Å². The number of hydrogen-bond acceptors (Lipinski definition) is 0. The van der Waals surface area contributed by atoms with Crippen molar-refractivity contribution in [3.8, 4) is 0 Å². The molecule has 0 spiro atoms. The quantitative estimate of drug-likeness (QED) is 0.313. The molecule has 8 heavy (non-hydrogen) atoms. The van der Waals surface area contributed by atoms with Crippen molar-refractivity contribution in [3.63, 3.8) is 0 Å². The topological polar surface area (TPSA) is 0 Å². The first-order chi connectivity index (χ1) is 2.94. The first-order valence-electron chi connectivity index (χ1n) is 1.29. The van der Waals surface area contributed by atoms with Crippen LogP contribution in [0.15, 0.2) is 0 Å². The van der Waals surface area contributed by atoms with Crippen LogP contribution in [0, 0.1) is 0 Å². The molecule has 0 amide bonds. The Labute approximate surface area is 86.3 Å². The van der Waals surface area contributed by atoms with Gasteiger partial charge in [0.1, 0.15) is 0 Å². The van der Waals surface area contributed by atoms with Crippen LogP contribution in [0.25, 0.3) is 0 Å². The maximum Gasteiger partial charge on any atom is 1.00 e. The van der Waals surface area contributed by atoms with Crippen molar-refractivity contribution in [1.29, 1.82) is 0 Å². The summed E-state index contributed by atoms with van der Waals surface area (Å²) in [5, 5.41) is 0. The van der Waals surface area contributed by atoms with Gasteiger partial charge in [0.2, 0.25) is 0 Å². The van der Waals surface area contributed by atoms with Gasteiger partial charge >= 0.3 is 64.0 Å². The average Bonchev–Trinajstić information content (AvgIpc) is 1.31. The third-order valence-corrected chi connectivity index (χ3v) is 0.247. The van der Waals surface area contributed by atoms with Gasteiger partial charge in [-0.25, -0.2) is 8.78 Å². The van der Waals surface area contributed by atoms with Crippen LogP contribution in [0.3, 0.4) is 0 Å². The number of halogens is 5. The molecular formula is C2H2F5K. The van der Waals surface area contributed by atoms with Gasteiger partial charge in [-0.2, -0.15) is 13.2 Å². The fourth-order valence-corrected chi connectivity index (χ4v) is 0. The molecule has 0 aromatic carbocycles. The Morgan fingerprint density at radius 3 is 1.25 bits per heavy atom. The third kappa shape index (κ3) is 5.42. The van der Waals surface area contributed by atoms with Gasteiger partial charge in [-0.1, -0.05) is 0 Å². The van der Waals surface area contributed by atoms with Gasteiger partial charge in [-0.15, -0.1) is 0 Å². The molecule has 0 rings (SSSR count). The van der Waals surface area contributed by atoms with Crippen LogP contribution in [0.5, 0.6) is 0 Å². The van der Waals surface area contributed by atoms with Crippen LogP contribution < -0.4 is 51.4 Å². The van der Waals surface area contributed by atoms with Gasteiger partial charge in [0, 0.05) is 0 Å². The van der Waals surface area contributed by atoms with Crippen molar-refractivity contribution in [2.24, 2.45) is 0 Å². The first kappa shape index (κ1) is 12.0. The minimum atomic E-state index is -5.33. The molecular weight excluding hydrogens is 158 g/mol. The third-order valence-electron chi connectivity index (χ3n) is 0.247. The fourth-order valence-electron chi connectivity index (χ4n) is 0. The molecule has 0 aliphatic heterocycles. The van der Waals surface area contributed by atoms with E-state index in [1.165, 1.54) is 0 Å². The van der Waals surface area contributed by atoms with Crippen molar-refractivity contribution in [2.75, 3.05) is 0 Å². The van der Waals surface area contributed by atoms with E-state index in [1.54, 1.807) is 0 Å². The molecule has 0 unspecified atom stereocenters. The Balaban J connectivity index is -0.000000180. The van der Waals surface area contributed by atoms with Gasteiger partial charge < -0.3 is 1.43 Å². The van der Waals surface area contributed by atoms with Gasteiger partial charge in [-0.05, 0) is 0 Å². The molecule has 0 atom stereocenters. The summed E-state index contributed by atoms with van der Waals surface area (Å²) < 4.78 is 52.1. The predicted molar refractivity (Wildman–Crippen MR) is 13.2 cm³/mol. The van der Waals surface area contributed by atoms with Crippen LogP contribution in [0.4, 0.5) is 22.0 Å². The van der Waals surface area contributed by atoms with E-state index in [0.717, 1.165) is 0 Å². The minimum Gasteiger partial charge on any atom is -1.00 e. The smallest absolute Gasteiger partial charge is 1.00 e. The number of rotatable bonds is 0. The second kappa shape index (κ2) is 4.16. The molecule has 0 aromatic heterocycles. The van der Waals surface area contributed by atoms with E-state index >= 15 is 0 Å². The Hall–Kier alpha value is 1.29. The number of alkyl halides is 5. The molecule has 0 bridgehead atoms. The van der Waals surface area contributed by atoms with Gasteiger partial charge in [0.15, 0.2) is 0 Å². The van der Waals surface area contributed by atoms with E-state index < -0.39 is 12.6 Å². The molecule has 0 radical (unpaired) electrons. The molecule has 0 fully saturated rings. The van der Waals surface area contributed by atoms with Crippen molar-refractivity contribution in [2.45, 2.75) is 12.6 Å². The Morgan fingerprint density at radius 2 is 1.25 bits per heavy atom. The molecule has 0 saturated carbocycles. The van der Waals surface area contributed by atoms with Crippen molar-refractivity contribution in [3.05, 3.63) is 0 Å². The second-order valence-corrected chi connectivity index (χ2v) is 0.842. The van der Waals surface area contributed by atoms with E-state index in [4.69, 9.17) is 0 Å². The summed E-state index contributed by atoms with van der Waals surface area (Å²) in [6, 6.07) is 0. The largest absolute Gasteiger partial charge is 1.00 e. The molecule has 0 N–H and O–H groups in total. The average molecular weight is 160 g/mol. The predicted octanol–water partition coefficient (Wildman–Crippen LogP) is -1.07. The van der Waals surface area contributed by atoms with Crippen molar-refractivity contribution < 1.29 is 74.8 Å². The fraction of sp³-hybridized carbons (Fsp3) is 1.00. The van der Waals surface area contributed by atoms with Crippen molar-refractivity contribution >= 4 is 0 Å². The molecule has 0 aliphatic carbocycles. The molecule has 46 valence electrons. The van der Waals surface area contributed by atoms with E-state index in [-0.39, 0.29) is 52.8 Å². The van der Waals surface area contributed by atoms with E-state index in [9.17, 15) is 22.0 Å². The zero-order valence-electron chi connectivity index (χ0n) is 4.97. The van der Waals surface area contributed by atoms with Crippen molar-refractivity contribution in [1.82, 2.24) is 0 Å². The molecule has 6 heteroatoms. The summed E-state index contributed by atoms with van der Waals surface area (Å²) in [6.07, 6.45) is -9.53. The SMILES string of the molecule is FC(F)C(F)(F)F.[H-].[K+].